The second-order valence-electron chi connectivity index (χ2n) is 9.10. The van der Waals surface area contributed by atoms with Crippen LogP contribution in [0.3, 0.4) is 0 Å². The lowest BCUT2D eigenvalue weighted by Gasteiger charge is -2.56. The molecule has 134 valence electrons. The zero-order valence-electron chi connectivity index (χ0n) is 15.7. The van der Waals surface area contributed by atoms with E-state index in [1.807, 2.05) is 0 Å². The Morgan fingerprint density at radius 2 is 1.96 bits per heavy atom. The molecule has 25 heavy (non-hydrogen) atoms. The third kappa shape index (κ3) is 2.40. The fraction of sp³-hybridized carbons (Fsp3) is 0.727. The molecule has 0 radical (unpaired) electrons. The highest BCUT2D eigenvalue weighted by Gasteiger charge is 2.55. The van der Waals surface area contributed by atoms with Gasteiger partial charge in [0.25, 0.3) is 0 Å². The van der Waals surface area contributed by atoms with Gasteiger partial charge in [0.2, 0.25) is 0 Å². The summed E-state index contributed by atoms with van der Waals surface area (Å²) in [6, 6.07) is 2.57. The van der Waals surface area contributed by atoms with Gasteiger partial charge in [-0.1, -0.05) is 37.1 Å². The van der Waals surface area contributed by atoms with Gasteiger partial charge in [-0.3, -0.25) is 4.79 Å². The van der Waals surface area contributed by atoms with Gasteiger partial charge in [0.1, 0.15) is 6.10 Å². The highest BCUT2D eigenvalue weighted by atomic mass is 16.5. The van der Waals surface area contributed by atoms with Crippen molar-refractivity contribution in [2.45, 2.75) is 71.8 Å². The van der Waals surface area contributed by atoms with Crippen LogP contribution in [0.15, 0.2) is 23.3 Å². The van der Waals surface area contributed by atoms with Crippen molar-refractivity contribution >= 4 is 5.97 Å². The second-order valence-corrected chi connectivity index (χ2v) is 9.10. The summed E-state index contributed by atoms with van der Waals surface area (Å²) in [5.74, 6) is 1.30. The smallest absolute Gasteiger partial charge is 0.302 e. The summed E-state index contributed by atoms with van der Waals surface area (Å²) in [4.78, 5) is 11.3. The van der Waals surface area contributed by atoms with Crippen molar-refractivity contribution in [3.05, 3.63) is 23.3 Å². The fourth-order valence-corrected chi connectivity index (χ4v) is 6.50. The van der Waals surface area contributed by atoms with Crippen LogP contribution in [0.1, 0.15) is 65.7 Å². The molecular formula is C22H29NO2. The Bertz CT molecular complexity index is 699. The maximum absolute atomic E-state index is 11.3. The molecular weight excluding hydrogens is 310 g/mol. The van der Waals surface area contributed by atoms with Crippen LogP contribution in [0.5, 0.6) is 0 Å². The third-order valence-electron chi connectivity index (χ3n) is 7.95. The van der Waals surface area contributed by atoms with E-state index < -0.39 is 0 Å². The Morgan fingerprint density at radius 1 is 1.20 bits per heavy atom. The zero-order chi connectivity index (χ0) is 17.8. The molecule has 0 aromatic heterocycles. The number of allylic oxidation sites excluding steroid dienone is 3. The molecule has 3 heteroatoms. The highest BCUT2D eigenvalue weighted by Crippen LogP contribution is 2.64. The van der Waals surface area contributed by atoms with E-state index in [0.717, 1.165) is 38.5 Å². The SMILES string of the molecule is CC(=O)O[C@H]1CC[C@@]2(C)C(=CC[C@H]3C4=CC[C@H](C#N)[C@@]4(C)CC[C@@H]32)C1. The molecule has 0 saturated heterocycles. The van der Waals surface area contributed by atoms with Crippen LogP contribution in [-0.2, 0) is 9.53 Å². The maximum atomic E-state index is 11.3. The molecule has 0 heterocycles. The van der Waals surface area contributed by atoms with Crippen molar-refractivity contribution < 1.29 is 9.53 Å². The summed E-state index contributed by atoms with van der Waals surface area (Å²) in [5.41, 5.74) is 3.44. The molecule has 4 aliphatic rings. The summed E-state index contributed by atoms with van der Waals surface area (Å²) >= 11 is 0. The number of rotatable bonds is 1. The quantitative estimate of drug-likeness (QED) is 0.502. The molecule has 0 aromatic rings. The molecule has 6 atom stereocenters. The van der Waals surface area contributed by atoms with Crippen LogP contribution in [-0.4, -0.2) is 12.1 Å². The zero-order valence-corrected chi connectivity index (χ0v) is 15.7. The normalized spacial score (nSPS) is 45.2. The average Bonchev–Trinajstić information content (AvgIpc) is 2.91. The van der Waals surface area contributed by atoms with Gasteiger partial charge in [-0.05, 0) is 55.8 Å². The molecule has 0 N–H and O–H groups in total. The molecule has 4 aliphatic carbocycles. The molecule has 2 saturated carbocycles. The summed E-state index contributed by atoms with van der Waals surface area (Å²) in [6.45, 7) is 6.29. The minimum atomic E-state index is -0.157. The largest absolute Gasteiger partial charge is 0.462 e. The van der Waals surface area contributed by atoms with E-state index >= 15 is 0 Å². The lowest BCUT2D eigenvalue weighted by Crippen LogP contribution is -2.48. The molecule has 0 aliphatic heterocycles. The average molecular weight is 339 g/mol. The number of fused-ring (bicyclic) bond motifs is 5. The topological polar surface area (TPSA) is 50.1 Å². The molecule has 0 unspecified atom stereocenters. The Hall–Kier alpha value is -1.56. The number of esters is 1. The molecule has 4 rings (SSSR count). The molecule has 0 aromatic carbocycles. The van der Waals surface area contributed by atoms with Gasteiger partial charge in [-0.2, -0.15) is 5.26 Å². The van der Waals surface area contributed by atoms with E-state index in [1.54, 1.807) is 5.57 Å². The van der Waals surface area contributed by atoms with E-state index in [-0.39, 0.29) is 28.8 Å². The van der Waals surface area contributed by atoms with E-state index in [4.69, 9.17) is 4.74 Å². The standard InChI is InChI=1S/C22H29NO2/c1-14(24)25-17-8-10-21(2)15(12-17)4-6-18-19-7-5-16(13-23)22(19,3)11-9-20(18)21/h4,7,16-18,20H,5-6,8-12H2,1-3H3/t16-,17+,18+,20+,21+,22-/m1/s1. The summed E-state index contributed by atoms with van der Waals surface area (Å²) < 4.78 is 5.51. The van der Waals surface area contributed by atoms with E-state index in [2.05, 4.69) is 32.1 Å². The molecule has 0 spiro atoms. The van der Waals surface area contributed by atoms with Crippen LogP contribution in [0.2, 0.25) is 0 Å². The highest BCUT2D eigenvalue weighted by molar-refractivity contribution is 5.66. The number of nitriles is 1. The second kappa shape index (κ2) is 5.73. The molecule has 2 fully saturated rings. The Kier molecular flexibility index (Phi) is 3.87. The summed E-state index contributed by atoms with van der Waals surface area (Å²) in [6.07, 6.45) is 12.3. The lowest BCUT2D eigenvalue weighted by atomic mass is 9.49. The van der Waals surface area contributed by atoms with Crippen LogP contribution in [0, 0.1) is 39.9 Å². The first-order chi connectivity index (χ1) is 11.9. The van der Waals surface area contributed by atoms with Crippen molar-refractivity contribution in [1.82, 2.24) is 0 Å². The molecule has 0 amide bonds. The predicted octanol–water partition coefficient (Wildman–Crippen LogP) is 4.94. The predicted molar refractivity (Wildman–Crippen MR) is 96.3 cm³/mol. The van der Waals surface area contributed by atoms with E-state index in [9.17, 15) is 10.1 Å². The van der Waals surface area contributed by atoms with Crippen LogP contribution < -0.4 is 0 Å². The minimum Gasteiger partial charge on any atom is -0.462 e. The third-order valence-corrected chi connectivity index (χ3v) is 7.95. The monoisotopic (exact) mass is 339 g/mol. The number of carbonyl (C=O) groups excluding carboxylic acids is 1. The van der Waals surface area contributed by atoms with Crippen LogP contribution in [0.4, 0.5) is 0 Å². The number of ether oxygens (including phenoxy) is 1. The Morgan fingerprint density at radius 3 is 2.68 bits per heavy atom. The van der Waals surface area contributed by atoms with Gasteiger partial charge < -0.3 is 4.74 Å². The van der Waals surface area contributed by atoms with Crippen molar-refractivity contribution in [2.24, 2.45) is 28.6 Å². The van der Waals surface area contributed by atoms with Gasteiger partial charge in [0.05, 0.1) is 12.0 Å². The van der Waals surface area contributed by atoms with Gasteiger partial charge in [0, 0.05) is 18.8 Å². The first-order valence-corrected chi connectivity index (χ1v) is 9.85. The lowest BCUT2D eigenvalue weighted by molar-refractivity contribution is -0.148. The van der Waals surface area contributed by atoms with Gasteiger partial charge in [-0.25, -0.2) is 0 Å². The molecule has 3 nitrogen and oxygen atoms in total. The van der Waals surface area contributed by atoms with Crippen LogP contribution in [0.25, 0.3) is 0 Å². The van der Waals surface area contributed by atoms with Crippen molar-refractivity contribution in [1.29, 1.82) is 5.26 Å². The number of hydrogen-bond acceptors (Lipinski definition) is 3. The molecule has 0 bridgehead atoms. The summed E-state index contributed by atoms with van der Waals surface area (Å²) in [5, 5.41) is 9.57. The van der Waals surface area contributed by atoms with Gasteiger partial charge in [-0.15, -0.1) is 0 Å². The summed E-state index contributed by atoms with van der Waals surface area (Å²) in [7, 11) is 0. The number of hydrogen-bond donors (Lipinski definition) is 0. The van der Waals surface area contributed by atoms with Gasteiger partial charge >= 0.3 is 5.97 Å². The Balaban J connectivity index is 1.61. The van der Waals surface area contributed by atoms with Crippen LogP contribution >= 0.6 is 0 Å². The van der Waals surface area contributed by atoms with E-state index in [0.29, 0.717) is 11.8 Å². The van der Waals surface area contributed by atoms with Gasteiger partial charge in [0.15, 0.2) is 0 Å². The first-order valence-electron chi connectivity index (χ1n) is 9.85. The van der Waals surface area contributed by atoms with Crippen molar-refractivity contribution in [3.8, 4) is 6.07 Å². The minimum absolute atomic E-state index is 0.0656. The first kappa shape index (κ1) is 16.9. The fourth-order valence-electron chi connectivity index (χ4n) is 6.50. The maximum Gasteiger partial charge on any atom is 0.302 e. The number of carbonyl (C=O) groups is 1. The van der Waals surface area contributed by atoms with Crippen molar-refractivity contribution in [2.75, 3.05) is 0 Å². The Labute approximate surface area is 151 Å². The van der Waals surface area contributed by atoms with E-state index in [1.165, 1.54) is 18.9 Å². The number of nitrogens with zero attached hydrogens (tertiary/aromatic N) is 1. The van der Waals surface area contributed by atoms with Crippen molar-refractivity contribution in [3.63, 3.8) is 0 Å².